The van der Waals surface area contributed by atoms with Gasteiger partial charge in [-0.15, -0.1) is 0 Å². The first-order chi connectivity index (χ1) is 13.8. The van der Waals surface area contributed by atoms with Gasteiger partial charge in [-0.3, -0.25) is 14.4 Å². The molecule has 0 saturated heterocycles. The number of carbonyl (C=O) groups is 3. The Morgan fingerprint density at radius 2 is 1.59 bits per heavy atom. The number of rotatable bonds is 8. The first kappa shape index (κ1) is 22.7. The molecule has 0 fully saturated rings. The van der Waals surface area contributed by atoms with E-state index in [2.05, 4.69) is 16.0 Å². The molecular formula is C21H23Cl2N3O3. The van der Waals surface area contributed by atoms with Gasteiger partial charge in [0.2, 0.25) is 11.8 Å². The summed E-state index contributed by atoms with van der Waals surface area (Å²) in [6, 6.07) is 12.2. The Balaban J connectivity index is 1.78. The molecule has 0 aliphatic heterocycles. The van der Waals surface area contributed by atoms with E-state index in [1.165, 1.54) is 18.2 Å². The van der Waals surface area contributed by atoms with Gasteiger partial charge < -0.3 is 16.0 Å². The van der Waals surface area contributed by atoms with Gasteiger partial charge in [0.1, 0.15) is 0 Å². The first-order valence-corrected chi connectivity index (χ1v) is 9.91. The van der Waals surface area contributed by atoms with Crippen LogP contribution in [0.5, 0.6) is 0 Å². The van der Waals surface area contributed by atoms with Gasteiger partial charge in [0, 0.05) is 5.02 Å². The summed E-state index contributed by atoms with van der Waals surface area (Å²) in [6.45, 7) is 3.51. The maximum atomic E-state index is 12.2. The molecule has 0 bridgehead atoms. The Morgan fingerprint density at radius 3 is 2.21 bits per heavy atom. The number of benzene rings is 2. The van der Waals surface area contributed by atoms with Gasteiger partial charge in [-0.05, 0) is 37.1 Å². The lowest BCUT2D eigenvalue weighted by Gasteiger charge is -2.18. The highest BCUT2D eigenvalue weighted by atomic mass is 35.5. The van der Waals surface area contributed by atoms with Gasteiger partial charge in [-0.1, -0.05) is 60.0 Å². The first-order valence-electron chi connectivity index (χ1n) is 9.16. The maximum Gasteiger partial charge on any atom is 0.253 e. The average molecular weight is 436 g/mol. The van der Waals surface area contributed by atoms with Crippen LogP contribution in [0.15, 0.2) is 42.5 Å². The molecule has 0 aliphatic carbocycles. The van der Waals surface area contributed by atoms with Crippen molar-refractivity contribution in [2.24, 2.45) is 0 Å². The molecule has 8 heteroatoms. The van der Waals surface area contributed by atoms with Gasteiger partial charge in [-0.2, -0.15) is 0 Å². The molecule has 154 valence electrons. The highest BCUT2D eigenvalue weighted by molar-refractivity contribution is 6.36. The third-order valence-corrected chi connectivity index (χ3v) is 4.80. The molecule has 1 atom stereocenters. The van der Waals surface area contributed by atoms with Crippen molar-refractivity contribution in [2.45, 2.75) is 26.3 Å². The van der Waals surface area contributed by atoms with Crippen LogP contribution in [0.25, 0.3) is 0 Å². The Labute approximate surface area is 180 Å². The van der Waals surface area contributed by atoms with Gasteiger partial charge >= 0.3 is 0 Å². The molecule has 0 spiro atoms. The highest BCUT2D eigenvalue weighted by Crippen LogP contribution is 2.20. The number of aryl methyl sites for hydroxylation is 1. The van der Waals surface area contributed by atoms with Crippen LogP contribution in [0.4, 0.5) is 0 Å². The predicted octanol–water partition coefficient (Wildman–Crippen LogP) is 3.42. The molecule has 3 N–H and O–H groups in total. The second kappa shape index (κ2) is 10.8. The van der Waals surface area contributed by atoms with Crippen LogP contribution >= 0.6 is 23.2 Å². The molecule has 0 heterocycles. The zero-order chi connectivity index (χ0) is 21.4. The van der Waals surface area contributed by atoms with Crippen LogP contribution < -0.4 is 16.0 Å². The quantitative estimate of drug-likeness (QED) is 0.593. The predicted molar refractivity (Wildman–Crippen MR) is 114 cm³/mol. The van der Waals surface area contributed by atoms with Crippen LogP contribution in [0.2, 0.25) is 10.0 Å². The topological polar surface area (TPSA) is 87.3 Å². The SMILES string of the molecule is CC[C@@H](NC(=O)CNC(=O)CNC(=O)c1ccc(Cl)cc1Cl)c1ccc(C)cc1. The summed E-state index contributed by atoms with van der Waals surface area (Å²) < 4.78 is 0. The van der Waals surface area contributed by atoms with Crippen molar-refractivity contribution in [3.63, 3.8) is 0 Å². The lowest BCUT2D eigenvalue weighted by atomic mass is 10.0. The van der Waals surface area contributed by atoms with E-state index in [0.717, 1.165) is 17.5 Å². The van der Waals surface area contributed by atoms with Crippen LogP contribution in [-0.2, 0) is 9.59 Å². The smallest absolute Gasteiger partial charge is 0.253 e. The van der Waals surface area contributed by atoms with E-state index in [9.17, 15) is 14.4 Å². The highest BCUT2D eigenvalue weighted by Gasteiger charge is 2.15. The van der Waals surface area contributed by atoms with Crippen LogP contribution in [0.1, 0.15) is 40.9 Å². The van der Waals surface area contributed by atoms with Gasteiger partial charge in [0.05, 0.1) is 29.7 Å². The van der Waals surface area contributed by atoms with E-state index in [-0.39, 0.29) is 35.6 Å². The molecule has 0 radical (unpaired) electrons. The lowest BCUT2D eigenvalue weighted by molar-refractivity contribution is -0.126. The minimum Gasteiger partial charge on any atom is -0.348 e. The number of carbonyl (C=O) groups excluding carboxylic acids is 3. The second-order valence-corrected chi connectivity index (χ2v) is 7.37. The summed E-state index contributed by atoms with van der Waals surface area (Å²) in [7, 11) is 0. The lowest BCUT2D eigenvalue weighted by Crippen LogP contribution is -2.42. The Bertz CT molecular complexity index is 885. The summed E-state index contributed by atoms with van der Waals surface area (Å²) in [6.07, 6.45) is 0.723. The van der Waals surface area contributed by atoms with Crippen molar-refractivity contribution in [3.05, 3.63) is 69.2 Å². The Hall–Kier alpha value is -2.57. The normalized spacial score (nSPS) is 11.4. The number of hydrogen-bond donors (Lipinski definition) is 3. The number of hydrogen-bond acceptors (Lipinski definition) is 3. The number of amides is 3. The Kier molecular flexibility index (Phi) is 8.49. The van der Waals surface area contributed by atoms with Crippen LogP contribution in [0, 0.1) is 6.92 Å². The van der Waals surface area contributed by atoms with Gasteiger partial charge in [0.25, 0.3) is 5.91 Å². The number of nitrogens with one attached hydrogen (secondary N) is 3. The van der Waals surface area contributed by atoms with Gasteiger partial charge in [-0.25, -0.2) is 0 Å². The largest absolute Gasteiger partial charge is 0.348 e. The standard InChI is InChI=1S/C21H23Cl2N3O3/c1-3-18(14-6-4-13(2)5-7-14)26-20(28)12-24-19(27)11-25-21(29)16-9-8-15(22)10-17(16)23/h4-10,18H,3,11-12H2,1-2H3,(H,24,27)(H,25,29)(H,26,28)/t18-/m1/s1. The molecule has 29 heavy (non-hydrogen) atoms. The summed E-state index contributed by atoms with van der Waals surface area (Å²) >= 11 is 11.8. The van der Waals surface area contributed by atoms with Crippen LogP contribution in [-0.4, -0.2) is 30.8 Å². The molecule has 2 aromatic carbocycles. The fraction of sp³-hybridized carbons (Fsp3) is 0.286. The fourth-order valence-electron chi connectivity index (χ4n) is 2.64. The number of halogens is 2. The minimum atomic E-state index is -0.503. The molecule has 0 unspecified atom stereocenters. The van der Waals surface area contributed by atoms with Crippen molar-refractivity contribution in [2.75, 3.05) is 13.1 Å². The summed E-state index contributed by atoms with van der Waals surface area (Å²) in [5.74, 6) is -1.29. The zero-order valence-corrected chi connectivity index (χ0v) is 17.7. The van der Waals surface area contributed by atoms with E-state index in [0.29, 0.717) is 5.02 Å². The fourth-order valence-corrected chi connectivity index (χ4v) is 3.13. The molecule has 0 saturated carbocycles. The second-order valence-electron chi connectivity index (χ2n) is 6.52. The third kappa shape index (κ3) is 7.07. The molecular weight excluding hydrogens is 413 g/mol. The van der Waals surface area contributed by atoms with E-state index in [1.54, 1.807) is 0 Å². The average Bonchev–Trinajstić information content (AvgIpc) is 2.69. The maximum absolute atomic E-state index is 12.2. The summed E-state index contributed by atoms with van der Waals surface area (Å²) in [5, 5.41) is 8.43. The zero-order valence-electron chi connectivity index (χ0n) is 16.2. The molecule has 0 aliphatic rings. The van der Waals surface area contributed by atoms with E-state index >= 15 is 0 Å². The summed E-state index contributed by atoms with van der Waals surface area (Å²) in [5.41, 5.74) is 2.36. The molecule has 0 aromatic heterocycles. The van der Waals surface area contributed by atoms with Crippen molar-refractivity contribution >= 4 is 40.9 Å². The van der Waals surface area contributed by atoms with Crippen molar-refractivity contribution in [3.8, 4) is 0 Å². The van der Waals surface area contributed by atoms with Crippen LogP contribution in [0.3, 0.4) is 0 Å². The van der Waals surface area contributed by atoms with Gasteiger partial charge in [0.15, 0.2) is 0 Å². The van der Waals surface area contributed by atoms with Crippen molar-refractivity contribution in [1.82, 2.24) is 16.0 Å². The van der Waals surface area contributed by atoms with Crippen molar-refractivity contribution < 1.29 is 14.4 Å². The monoisotopic (exact) mass is 435 g/mol. The third-order valence-electron chi connectivity index (χ3n) is 4.25. The molecule has 2 aromatic rings. The minimum absolute atomic E-state index is 0.133. The molecule has 6 nitrogen and oxygen atoms in total. The van der Waals surface area contributed by atoms with Crippen molar-refractivity contribution in [1.29, 1.82) is 0 Å². The molecule has 2 rings (SSSR count). The summed E-state index contributed by atoms with van der Waals surface area (Å²) in [4.78, 5) is 36.2. The van der Waals surface area contributed by atoms with E-state index in [1.807, 2.05) is 38.1 Å². The Morgan fingerprint density at radius 1 is 0.931 bits per heavy atom. The molecule has 3 amide bonds. The van der Waals surface area contributed by atoms with E-state index < -0.39 is 11.8 Å². The van der Waals surface area contributed by atoms with E-state index in [4.69, 9.17) is 23.2 Å².